The highest BCUT2D eigenvalue weighted by molar-refractivity contribution is 8.00. The van der Waals surface area contributed by atoms with Crippen molar-refractivity contribution in [1.82, 2.24) is 10.6 Å². The Bertz CT molecular complexity index is 1480. The molecule has 238 valence electrons. The van der Waals surface area contributed by atoms with Gasteiger partial charge in [0.05, 0.1) is 38.7 Å². The molecule has 2 amide bonds. The largest absolute Gasteiger partial charge is 0.493 e. The maximum Gasteiger partial charge on any atom is 0.329 e. The van der Waals surface area contributed by atoms with E-state index in [-0.39, 0.29) is 46.2 Å². The molecule has 0 spiro atoms. The van der Waals surface area contributed by atoms with Gasteiger partial charge in [-0.05, 0) is 54.0 Å². The van der Waals surface area contributed by atoms with E-state index < -0.39 is 24.0 Å². The number of ether oxygens (including phenoxy) is 4. The molecule has 0 aromatic heterocycles. The number of nitrogens with one attached hydrogen (secondary N) is 2. The van der Waals surface area contributed by atoms with Gasteiger partial charge in [0.1, 0.15) is 6.04 Å². The standard InChI is InChI=1S/C31H38N2O9S2/c1-16(44-15-23(31(38)41-6)33-18(3)35)12-27(37)42-29-25(39-4)13-19-8-10-22(32-17(2)34)21-14-24(36)26(43-7)11-9-20(21)28(19)30(29)40-5/h9,11,13-14,16,22-23H,8,10,12,15H2,1-7H3,(H,32,34)(H,33,35)/t16?,22-,23?/m0/s1. The number of carbonyl (C=O) groups excluding carboxylic acids is 4. The molecule has 2 aromatic carbocycles. The lowest BCUT2D eigenvalue weighted by molar-refractivity contribution is -0.144. The molecule has 0 fully saturated rings. The Kier molecular flexibility index (Phi) is 12.5. The predicted molar refractivity (Wildman–Crippen MR) is 170 cm³/mol. The molecule has 0 bridgehead atoms. The van der Waals surface area contributed by atoms with Gasteiger partial charge in [-0.15, -0.1) is 11.8 Å². The smallest absolute Gasteiger partial charge is 0.329 e. The Labute approximate surface area is 265 Å². The van der Waals surface area contributed by atoms with E-state index in [0.29, 0.717) is 40.2 Å². The highest BCUT2D eigenvalue weighted by Crippen LogP contribution is 2.50. The van der Waals surface area contributed by atoms with Gasteiger partial charge in [-0.3, -0.25) is 19.2 Å². The van der Waals surface area contributed by atoms with Crippen LogP contribution in [0.1, 0.15) is 50.8 Å². The second kappa shape index (κ2) is 15.8. The topological polar surface area (TPSA) is 146 Å². The lowest BCUT2D eigenvalue weighted by Crippen LogP contribution is -2.42. The average Bonchev–Trinajstić information content (AvgIpc) is 3.22. The van der Waals surface area contributed by atoms with E-state index >= 15 is 0 Å². The van der Waals surface area contributed by atoms with Crippen molar-refractivity contribution in [2.45, 2.75) is 62.3 Å². The van der Waals surface area contributed by atoms with Crippen molar-refractivity contribution in [3.8, 4) is 28.4 Å². The van der Waals surface area contributed by atoms with Gasteiger partial charge in [-0.2, -0.15) is 11.8 Å². The number of amides is 2. The molecule has 13 heteroatoms. The number of benzene rings is 1. The van der Waals surface area contributed by atoms with Crippen LogP contribution in [-0.2, 0) is 30.3 Å². The molecule has 0 aliphatic heterocycles. The molecule has 0 saturated heterocycles. The van der Waals surface area contributed by atoms with E-state index in [0.717, 1.165) is 5.56 Å². The summed E-state index contributed by atoms with van der Waals surface area (Å²) in [5.74, 6) is -0.893. The molecular formula is C31H38N2O9S2. The van der Waals surface area contributed by atoms with Crippen LogP contribution in [0, 0.1) is 0 Å². The molecule has 2 N–H and O–H groups in total. The summed E-state index contributed by atoms with van der Waals surface area (Å²) < 4.78 is 22.1. The van der Waals surface area contributed by atoms with E-state index in [2.05, 4.69) is 10.6 Å². The Hall–Kier alpha value is -3.71. The summed E-state index contributed by atoms with van der Waals surface area (Å²) in [6.45, 7) is 4.55. The number of esters is 2. The molecule has 2 aromatic rings. The molecule has 44 heavy (non-hydrogen) atoms. The molecule has 2 unspecified atom stereocenters. The molecule has 0 radical (unpaired) electrons. The zero-order valence-electron chi connectivity index (χ0n) is 25.9. The van der Waals surface area contributed by atoms with Crippen LogP contribution in [0.4, 0.5) is 0 Å². The summed E-state index contributed by atoms with van der Waals surface area (Å²) in [7, 11) is 4.17. The van der Waals surface area contributed by atoms with Crippen LogP contribution in [0.5, 0.6) is 17.2 Å². The van der Waals surface area contributed by atoms with Crippen molar-refractivity contribution in [2.75, 3.05) is 33.3 Å². The molecule has 0 saturated carbocycles. The highest BCUT2D eigenvalue weighted by atomic mass is 32.2. The van der Waals surface area contributed by atoms with Crippen molar-refractivity contribution in [2.24, 2.45) is 0 Å². The maximum atomic E-state index is 13.2. The van der Waals surface area contributed by atoms with Crippen molar-refractivity contribution in [3.05, 3.63) is 45.6 Å². The van der Waals surface area contributed by atoms with Crippen LogP contribution in [0.15, 0.2) is 34.0 Å². The first-order valence-electron chi connectivity index (χ1n) is 13.9. The number of rotatable bonds is 12. The van der Waals surface area contributed by atoms with Gasteiger partial charge in [0.15, 0.2) is 16.9 Å². The van der Waals surface area contributed by atoms with E-state index in [4.69, 9.17) is 18.9 Å². The summed E-state index contributed by atoms with van der Waals surface area (Å²) >= 11 is 2.63. The SMILES string of the molecule is COC(=O)C(CSC(C)CC(=O)Oc1c(OC)cc2c(c1OC)-c1ccc(SC)c(=O)cc1[C@@H](NC(C)=O)CC2)NC(C)=O. The first kappa shape index (κ1) is 34.8. The lowest BCUT2D eigenvalue weighted by atomic mass is 9.95. The second-order valence-electron chi connectivity index (χ2n) is 10.1. The fourth-order valence-corrected chi connectivity index (χ4v) is 6.49. The average molecular weight is 647 g/mol. The van der Waals surface area contributed by atoms with Crippen molar-refractivity contribution < 1.29 is 38.1 Å². The lowest BCUT2D eigenvalue weighted by Gasteiger charge is -2.21. The maximum absolute atomic E-state index is 13.2. The Balaban J connectivity index is 2.01. The Morgan fingerprint density at radius 2 is 1.75 bits per heavy atom. The van der Waals surface area contributed by atoms with Crippen LogP contribution < -0.4 is 30.3 Å². The number of thioether (sulfide) groups is 2. The van der Waals surface area contributed by atoms with Crippen molar-refractivity contribution in [3.63, 3.8) is 0 Å². The normalized spacial score (nSPS) is 14.9. The van der Waals surface area contributed by atoms with Gasteiger partial charge in [-0.1, -0.05) is 13.0 Å². The minimum Gasteiger partial charge on any atom is -0.493 e. The first-order chi connectivity index (χ1) is 20.9. The van der Waals surface area contributed by atoms with Crippen LogP contribution in [0.2, 0.25) is 0 Å². The van der Waals surface area contributed by atoms with Crippen molar-refractivity contribution >= 4 is 47.3 Å². The minimum atomic E-state index is -0.852. The minimum absolute atomic E-state index is 0.0190. The number of methoxy groups -OCH3 is 3. The van der Waals surface area contributed by atoms with Gasteiger partial charge < -0.3 is 29.6 Å². The van der Waals surface area contributed by atoms with Crippen molar-refractivity contribution in [1.29, 1.82) is 0 Å². The number of hydrogen-bond acceptors (Lipinski definition) is 11. The highest BCUT2D eigenvalue weighted by Gasteiger charge is 2.31. The molecule has 1 aliphatic carbocycles. The number of hydrogen-bond donors (Lipinski definition) is 2. The number of fused-ring (bicyclic) bond motifs is 3. The zero-order valence-corrected chi connectivity index (χ0v) is 27.5. The summed E-state index contributed by atoms with van der Waals surface area (Å²) in [6.07, 6.45) is 2.84. The quantitative estimate of drug-likeness (QED) is 0.198. The van der Waals surface area contributed by atoms with Crippen LogP contribution >= 0.6 is 23.5 Å². The Morgan fingerprint density at radius 1 is 1.02 bits per heavy atom. The number of aryl methyl sites for hydroxylation is 1. The predicted octanol–water partition coefficient (Wildman–Crippen LogP) is 3.67. The number of carbonyl (C=O) groups is 4. The molecular weight excluding hydrogens is 608 g/mol. The molecule has 3 atom stereocenters. The second-order valence-corrected chi connectivity index (χ2v) is 12.5. The van der Waals surface area contributed by atoms with E-state index in [1.165, 1.54) is 58.7 Å². The van der Waals surface area contributed by atoms with Gasteiger partial charge in [0.2, 0.25) is 17.6 Å². The Morgan fingerprint density at radius 3 is 2.34 bits per heavy atom. The van der Waals surface area contributed by atoms with E-state index in [1.54, 1.807) is 18.2 Å². The fraction of sp³-hybridized carbons (Fsp3) is 0.452. The van der Waals surface area contributed by atoms with E-state index in [1.807, 2.05) is 19.2 Å². The van der Waals surface area contributed by atoms with Crippen LogP contribution in [0.3, 0.4) is 0 Å². The molecule has 11 nitrogen and oxygen atoms in total. The molecule has 3 rings (SSSR count). The third-order valence-corrected chi connectivity index (χ3v) is 9.01. The molecule has 1 aliphatic rings. The van der Waals surface area contributed by atoms with Gasteiger partial charge >= 0.3 is 11.9 Å². The van der Waals surface area contributed by atoms with Gasteiger partial charge in [0, 0.05) is 30.4 Å². The summed E-state index contributed by atoms with van der Waals surface area (Å²) in [4.78, 5) is 62.4. The summed E-state index contributed by atoms with van der Waals surface area (Å²) in [5, 5.41) is 5.24. The third-order valence-electron chi connectivity index (χ3n) is 6.97. The van der Waals surface area contributed by atoms with Gasteiger partial charge in [-0.25, -0.2) is 4.79 Å². The fourth-order valence-electron chi connectivity index (χ4n) is 5.03. The van der Waals surface area contributed by atoms with Gasteiger partial charge in [0.25, 0.3) is 0 Å². The first-order valence-corrected chi connectivity index (χ1v) is 16.2. The third kappa shape index (κ3) is 8.47. The van der Waals surface area contributed by atoms with Crippen LogP contribution in [-0.4, -0.2) is 68.4 Å². The van der Waals surface area contributed by atoms with Crippen LogP contribution in [0.25, 0.3) is 11.1 Å². The molecule has 0 heterocycles. The van der Waals surface area contributed by atoms with E-state index in [9.17, 15) is 24.0 Å². The zero-order chi connectivity index (χ0) is 32.6. The monoisotopic (exact) mass is 646 g/mol. The summed E-state index contributed by atoms with van der Waals surface area (Å²) in [6, 6.07) is 5.61. The summed E-state index contributed by atoms with van der Waals surface area (Å²) in [5.41, 5.74) is 2.61.